The van der Waals surface area contributed by atoms with Crippen molar-refractivity contribution in [2.45, 2.75) is 12.8 Å². The van der Waals surface area contributed by atoms with Gasteiger partial charge in [-0.1, -0.05) is 23.8 Å². The zero-order chi connectivity index (χ0) is 11.4. The van der Waals surface area contributed by atoms with E-state index in [0.717, 1.165) is 18.5 Å². The summed E-state index contributed by atoms with van der Waals surface area (Å²) in [6.45, 7) is 0. The van der Waals surface area contributed by atoms with Crippen molar-refractivity contribution in [3.8, 4) is 0 Å². The molecular formula is C12H11ClN2O. The summed E-state index contributed by atoms with van der Waals surface area (Å²) >= 11 is 5.78. The highest BCUT2D eigenvalue weighted by atomic mass is 35.5. The van der Waals surface area contributed by atoms with Crippen LogP contribution in [0, 0.1) is 0 Å². The molecule has 0 unspecified atom stereocenters. The maximum atomic E-state index is 11.8. The third kappa shape index (κ3) is 2.70. The van der Waals surface area contributed by atoms with Crippen molar-refractivity contribution in [2.75, 3.05) is 0 Å². The van der Waals surface area contributed by atoms with Gasteiger partial charge in [0, 0.05) is 16.9 Å². The van der Waals surface area contributed by atoms with Gasteiger partial charge < -0.3 is 5.32 Å². The molecule has 4 heteroatoms. The molecule has 0 radical (unpaired) electrons. The highest BCUT2D eigenvalue weighted by Gasteiger charge is 2.08. The van der Waals surface area contributed by atoms with Gasteiger partial charge in [-0.05, 0) is 31.1 Å². The van der Waals surface area contributed by atoms with Crippen LogP contribution in [0.4, 0.5) is 0 Å². The lowest BCUT2D eigenvalue weighted by molar-refractivity contribution is 0.0962. The van der Waals surface area contributed by atoms with Crippen LogP contribution in [0.3, 0.4) is 0 Å². The second-order valence-electron chi connectivity index (χ2n) is 3.45. The summed E-state index contributed by atoms with van der Waals surface area (Å²) in [6, 6.07) is 3.18. The summed E-state index contributed by atoms with van der Waals surface area (Å²) in [5.41, 5.74) is 1.14. The minimum absolute atomic E-state index is 0.236. The Labute approximate surface area is 98.8 Å². The van der Waals surface area contributed by atoms with Gasteiger partial charge in [0.25, 0.3) is 5.91 Å². The molecule has 1 aliphatic rings. The Morgan fingerprint density at radius 3 is 3.00 bits per heavy atom. The molecule has 0 aliphatic heterocycles. The van der Waals surface area contributed by atoms with E-state index in [4.69, 9.17) is 11.6 Å². The van der Waals surface area contributed by atoms with E-state index in [1.807, 2.05) is 18.2 Å². The molecule has 0 spiro atoms. The van der Waals surface area contributed by atoms with E-state index >= 15 is 0 Å². The number of amides is 1. The van der Waals surface area contributed by atoms with Crippen LogP contribution in [0.1, 0.15) is 23.3 Å². The van der Waals surface area contributed by atoms with Crippen molar-refractivity contribution in [2.24, 2.45) is 0 Å². The molecule has 0 atom stereocenters. The molecule has 16 heavy (non-hydrogen) atoms. The number of carbonyl (C=O) groups excluding carboxylic acids is 1. The number of allylic oxidation sites excluding steroid dienone is 3. The predicted molar refractivity (Wildman–Crippen MR) is 63.2 cm³/mol. The van der Waals surface area contributed by atoms with Crippen LogP contribution in [0.2, 0.25) is 5.02 Å². The molecule has 0 saturated carbocycles. The molecule has 1 amide bonds. The monoisotopic (exact) mass is 234 g/mol. The fourth-order valence-electron chi connectivity index (χ4n) is 1.43. The Balaban J connectivity index is 2.08. The fourth-order valence-corrected chi connectivity index (χ4v) is 1.59. The van der Waals surface area contributed by atoms with Crippen molar-refractivity contribution >= 4 is 17.5 Å². The number of pyridine rings is 1. The predicted octanol–water partition coefficient (Wildman–Crippen LogP) is 2.70. The standard InChI is InChI=1S/C12H11ClN2O/c13-9-6-7-14-11(8-9)12(16)15-10-4-2-1-3-5-10/h2,4-8H,1,3H2,(H,15,16). The number of hydrogen-bond acceptors (Lipinski definition) is 2. The van der Waals surface area contributed by atoms with E-state index in [9.17, 15) is 4.79 Å². The summed E-state index contributed by atoms with van der Waals surface area (Å²) in [4.78, 5) is 15.7. The number of nitrogens with zero attached hydrogens (tertiary/aromatic N) is 1. The Kier molecular flexibility index (Phi) is 3.37. The van der Waals surface area contributed by atoms with Crippen molar-refractivity contribution in [1.29, 1.82) is 0 Å². The third-order valence-corrected chi connectivity index (χ3v) is 2.44. The number of carbonyl (C=O) groups is 1. The Hall–Kier alpha value is -1.61. The quantitative estimate of drug-likeness (QED) is 0.855. The Morgan fingerprint density at radius 1 is 1.44 bits per heavy atom. The molecule has 1 aromatic rings. The molecule has 0 aromatic carbocycles. The Morgan fingerprint density at radius 2 is 2.31 bits per heavy atom. The second kappa shape index (κ2) is 4.94. The zero-order valence-electron chi connectivity index (χ0n) is 8.61. The van der Waals surface area contributed by atoms with Crippen LogP contribution in [0.15, 0.2) is 42.3 Å². The van der Waals surface area contributed by atoms with Gasteiger partial charge in [0.2, 0.25) is 0 Å². The van der Waals surface area contributed by atoms with E-state index in [1.54, 1.807) is 12.1 Å². The molecule has 1 heterocycles. The molecule has 82 valence electrons. The first-order valence-corrected chi connectivity index (χ1v) is 5.43. The summed E-state index contributed by atoms with van der Waals surface area (Å²) < 4.78 is 0. The Bertz CT molecular complexity index is 466. The van der Waals surface area contributed by atoms with Crippen LogP contribution in [-0.2, 0) is 0 Å². The molecule has 2 rings (SSSR count). The highest BCUT2D eigenvalue weighted by Crippen LogP contribution is 2.10. The summed E-state index contributed by atoms with van der Waals surface area (Å²) in [5.74, 6) is -0.236. The molecule has 0 saturated heterocycles. The van der Waals surface area contributed by atoms with Gasteiger partial charge in [0.05, 0.1) is 0 Å². The lowest BCUT2D eigenvalue weighted by Gasteiger charge is -2.08. The van der Waals surface area contributed by atoms with Gasteiger partial charge in [-0.25, -0.2) is 0 Å². The molecule has 3 nitrogen and oxygen atoms in total. The van der Waals surface area contributed by atoms with Crippen LogP contribution >= 0.6 is 11.6 Å². The molecule has 1 N–H and O–H groups in total. The van der Waals surface area contributed by atoms with E-state index in [-0.39, 0.29) is 5.91 Å². The number of nitrogens with one attached hydrogen (secondary N) is 1. The molecule has 0 bridgehead atoms. The first-order valence-electron chi connectivity index (χ1n) is 5.05. The van der Waals surface area contributed by atoms with Gasteiger partial charge in [-0.3, -0.25) is 9.78 Å². The second-order valence-corrected chi connectivity index (χ2v) is 3.89. The third-order valence-electron chi connectivity index (χ3n) is 2.21. The average molecular weight is 235 g/mol. The molecule has 0 fully saturated rings. The smallest absolute Gasteiger partial charge is 0.274 e. The van der Waals surface area contributed by atoms with E-state index in [2.05, 4.69) is 10.3 Å². The first kappa shape index (κ1) is 10.9. The van der Waals surface area contributed by atoms with Crippen molar-refractivity contribution in [3.63, 3.8) is 0 Å². The lowest BCUT2D eigenvalue weighted by atomic mass is 10.1. The average Bonchev–Trinajstić information content (AvgIpc) is 2.30. The summed E-state index contributed by atoms with van der Waals surface area (Å²) in [6.07, 6.45) is 9.40. The number of hydrogen-bond donors (Lipinski definition) is 1. The highest BCUT2D eigenvalue weighted by molar-refractivity contribution is 6.30. The van der Waals surface area contributed by atoms with Gasteiger partial charge in [0.1, 0.15) is 5.69 Å². The zero-order valence-corrected chi connectivity index (χ0v) is 9.37. The minimum Gasteiger partial charge on any atom is -0.321 e. The van der Waals surface area contributed by atoms with Crippen LogP contribution < -0.4 is 5.32 Å². The molecular weight excluding hydrogens is 224 g/mol. The van der Waals surface area contributed by atoms with Gasteiger partial charge in [-0.15, -0.1) is 0 Å². The van der Waals surface area contributed by atoms with Crippen LogP contribution in [0.25, 0.3) is 0 Å². The topological polar surface area (TPSA) is 42.0 Å². The maximum Gasteiger partial charge on any atom is 0.274 e. The number of aromatic nitrogens is 1. The fraction of sp³-hybridized carbons (Fsp3) is 0.167. The molecule has 1 aromatic heterocycles. The molecule has 1 aliphatic carbocycles. The minimum atomic E-state index is -0.236. The van der Waals surface area contributed by atoms with E-state index in [1.165, 1.54) is 6.20 Å². The maximum absolute atomic E-state index is 11.8. The largest absolute Gasteiger partial charge is 0.321 e. The van der Waals surface area contributed by atoms with Gasteiger partial charge in [-0.2, -0.15) is 0 Å². The van der Waals surface area contributed by atoms with Crippen LogP contribution in [0.5, 0.6) is 0 Å². The van der Waals surface area contributed by atoms with Crippen molar-refractivity contribution < 1.29 is 4.79 Å². The SMILES string of the molecule is O=C(NC1=CCCC=C1)c1cc(Cl)ccn1. The summed E-state index contributed by atoms with van der Waals surface area (Å²) in [5, 5.41) is 3.28. The van der Waals surface area contributed by atoms with Gasteiger partial charge >= 0.3 is 0 Å². The van der Waals surface area contributed by atoms with E-state index < -0.39 is 0 Å². The number of halogens is 1. The first-order chi connectivity index (χ1) is 7.75. The van der Waals surface area contributed by atoms with E-state index in [0.29, 0.717) is 10.7 Å². The van der Waals surface area contributed by atoms with Crippen molar-refractivity contribution in [3.05, 3.63) is 53.0 Å². The summed E-state index contributed by atoms with van der Waals surface area (Å²) in [7, 11) is 0. The lowest BCUT2D eigenvalue weighted by Crippen LogP contribution is -2.23. The van der Waals surface area contributed by atoms with Crippen molar-refractivity contribution in [1.82, 2.24) is 10.3 Å². The van der Waals surface area contributed by atoms with Crippen LogP contribution in [-0.4, -0.2) is 10.9 Å². The normalized spacial score (nSPS) is 14.4. The van der Waals surface area contributed by atoms with Gasteiger partial charge in [0.15, 0.2) is 0 Å². The number of rotatable bonds is 2.